The van der Waals surface area contributed by atoms with E-state index in [1.807, 2.05) is 0 Å². The van der Waals surface area contributed by atoms with Crippen molar-refractivity contribution >= 4 is 35.7 Å². The second-order valence-corrected chi connectivity index (χ2v) is 4.89. The molecule has 0 heterocycles. The van der Waals surface area contributed by atoms with E-state index in [1.54, 1.807) is 24.3 Å². The van der Waals surface area contributed by atoms with Crippen molar-refractivity contribution in [1.29, 1.82) is 0 Å². The highest BCUT2D eigenvalue weighted by Gasteiger charge is 2.36. The molecule has 6 N–H and O–H groups in total. The summed E-state index contributed by atoms with van der Waals surface area (Å²) in [6.45, 7) is 0. The van der Waals surface area contributed by atoms with Crippen LogP contribution in [0.15, 0.2) is 24.3 Å². The quantitative estimate of drug-likeness (QED) is 0.683. The smallest absolute Gasteiger partial charge is 0.316 e. The largest absolute Gasteiger partial charge is 0.351 e. The van der Waals surface area contributed by atoms with Crippen LogP contribution >= 0.6 is 12.4 Å². The zero-order chi connectivity index (χ0) is 13.9. The Morgan fingerprint density at radius 3 is 2.20 bits per heavy atom. The molecule has 0 aromatic heterocycles. The predicted octanol–water partition coefficient (Wildman–Crippen LogP) is 1.81. The molecule has 3 amide bonds. The number of rotatable bonds is 3. The van der Waals surface area contributed by atoms with Crippen molar-refractivity contribution in [2.24, 2.45) is 11.5 Å². The molecule has 1 aromatic rings. The Morgan fingerprint density at radius 1 is 1.10 bits per heavy atom. The van der Waals surface area contributed by atoms with Crippen LogP contribution in [0.25, 0.3) is 0 Å². The van der Waals surface area contributed by atoms with Crippen molar-refractivity contribution in [1.82, 2.24) is 0 Å². The van der Waals surface area contributed by atoms with Crippen LogP contribution in [0.4, 0.5) is 16.2 Å². The maximum absolute atomic E-state index is 12.1. The summed E-state index contributed by atoms with van der Waals surface area (Å²) in [4.78, 5) is 22.9. The van der Waals surface area contributed by atoms with E-state index >= 15 is 0 Å². The monoisotopic (exact) mass is 298 g/mol. The summed E-state index contributed by atoms with van der Waals surface area (Å²) < 4.78 is 0. The molecule has 0 atom stereocenters. The maximum atomic E-state index is 12.1. The van der Waals surface area contributed by atoms with Crippen LogP contribution in [-0.4, -0.2) is 17.5 Å². The topological polar surface area (TPSA) is 110 Å². The number of hydrogen-bond donors (Lipinski definition) is 4. The van der Waals surface area contributed by atoms with Gasteiger partial charge in [-0.15, -0.1) is 12.4 Å². The van der Waals surface area contributed by atoms with Crippen molar-refractivity contribution in [2.75, 3.05) is 10.6 Å². The summed E-state index contributed by atoms with van der Waals surface area (Å²) in [5.41, 5.74) is 11.5. The fourth-order valence-electron chi connectivity index (χ4n) is 2.31. The Balaban J connectivity index is 0.00000200. The van der Waals surface area contributed by atoms with Crippen LogP contribution in [0.5, 0.6) is 0 Å². The lowest BCUT2D eigenvalue weighted by Crippen LogP contribution is -2.48. The summed E-state index contributed by atoms with van der Waals surface area (Å²) in [6, 6.07) is 6.14. The van der Waals surface area contributed by atoms with E-state index in [-0.39, 0.29) is 18.3 Å². The molecule has 0 unspecified atom stereocenters. The van der Waals surface area contributed by atoms with E-state index in [1.165, 1.54) is 0 Å². The molecular formula is C13H19ClN4O2. The van der Waals surface area contributed by atoms with Gasteiger partial charge in [0.05, 0.1) is 5.54 Å². The maximum Gasteiger partial charge on any atom is 0.316 e. The lowest BCUT2D eigenvalue weighted by Gasteiger charge is -2.22. The molecule has 6 nitrogen and oxygen atoms in total. The van der Waals surface area contributed by atoms with Crippen LogP contribution in [-0.2, 0) is 4.79 Å². The number of primary amides is 1. The van der Waals surface area contributed by atoms with Gasteiger partial charge in [0.2, 0.25) is 5.91 Å². The van der Waals surface area contributed by atoms with Crippen LogP contribution in [0.3, 0.4) is 0 Å². The number of benzene rings is 1. The van der Waals surface area contributed by atoms with Crippen molar-refractivity contribution in [3.63, 3.8) is 0 Å². The van der Waals surface area contributed by atoms with Crippen LogP contribution in [0.1, 0.15) is 25.7 Å². The summed E-state index contributed by atoms with van der Waals surface area (Å²) in [5, 5.41) is 5.24. The van der Waals surface area contributed by atoms with Gasteiger partial charge in [0.15, 0.2) is 0 Å². The first kappa shape index (κ1) is 16.3. The summed E-state index contributed by atoms with van der Waals surface area (Å²) >= 11 is 0. The minimum Gasteiger partial charge on any atom is -0.351 e. The highest BCUT2D eigenvalue weighted by Crippen LogP contribution is 2.28. The zero-order valence-corrected chi connectivity index (χ0v) is 11.8. The van der Waals surface area contributed by atoms with Gasteiger partial charge < -0.3 is 22.1 Å². The molecule has 1 saturated carbocycles. The molecule has 0 aliphatic heterocycles. The fraction of sp³-hybridized carbons (Fsp3) is 0.385. The molecule has 1 aromatic carbocycles. The Labute approximate surface area is 123 Å². The molecule has 0 radical (unpaired) electrons. The van der Waals surface area contributed by atoms with Gasteiger partial charge in [-0.25, -0.2) is 4.79 Å². The summed E-state index contributed by atoms with van der Waals surface area (Å²) in [5.74, 6) is -0.179. The molecule has 1 aliphatic rings. The van der Waals surface area contributed by atoms with Gasteiger partial charge in [-0.2, -0.15) is 0 Å². The van der Waals surface area contributed by atoms with E-state index in [9.17, 15) is 9.59 Å². The second kappa shape index (κ2) is 6.58. The number of anilines is 2. The summed E-state index contributed by atoms with van der Waals surface area (Å²) in [7, 11) is 0. The number of halogens is 1. The Morgan fingerprint density at radius 2 is 1.65 bits per heavy atom. The van der Waals surface area contributed by atoms with E-state index in [2.05, 4.69) is 10.6 Å². The van der Waals surface area contributed by atoms with Gasteiger partial charge >= 0.3 is 6.03 Å². The minimum absolute atomic E-state index is 0. The first-order valence-electron chi connectivity index (χ1n) is 6.26. The van der Waals surface area contributed by atoms with Gasteiger partial charge in [0, 0.05) is 11.4 Å². The normalized spacial score (nSPS) is 16.1. The molecule has 20 heavy (non-hydrogen) atoms. The third-order valence-electron chi connectivity index (χ3n) is 3.34. The number of urea groups is 1. The predicted molar refractivity (Wildman–Crippen MR) is 80.9 cm³/mol. The number of nitrogens with one attached hydrogen (secondary N) is 2. The molecule has 110 valence electrons. The van der Waals surface area contributed by atoms with Crippen molar-refractivity contribution < 1.29 is 9.59 Å². The molecule has 2 rings (SSSR count). The number of amides is 3. The van der Waals surface area contributed by atoms with Gasteiger partial charge in [-0.3, -0.25) is 4.79 Å². The molecule has 1 fully saturated rings. The zero-order valence-electron chi connectivity index (χ0n) is 11.0. The second-order valence-electron chi connectivity index (χ2n) is 4.89. The van der Waals surface area contributed by atoms with Crippen LogP contribution in [0, 0.1) is 0 Å². The van der Waals surface area contributed by atoms with Crippen molar-refractivity contribution in [3.05, 3.63) is 24.3 Å². The van der Waals surface area contributed by atoms with E-state index in [0.717, 1.165) is 12.8 Å². The fourth-order valence-corrected chi connectivity index (χ4v) is 2.31. The third-order valence-corrected chi connectivity index (χ3v) is 3.34. The number of carbonyl (C=O) groups is 2. The van der Waals surface area contributed by atoms with E-state index in [0.29, 0.717) is 24.2 Å². The summed E-state index contributed by atoms with van der Waals surface area (Å²) in [6.07, 6.45) is 3.37. The van der Waals surface area contributed by atoms with Crippen LogP contribution in [0.2, 0.25) is 0 Å². The molecule has 7 heteroatoms. The molecule has 0 saturated heterocycles. The highest BCUT2D eigenvalue weighted by molar-refractivity contribution is 5.99. The average Bonchev–Trinajstić information content (AvgIpc) is 2.77. The Bertz CT molecular complexity index is 501. The molecule has 1 aliphatic carbocycles. The highest BCUT2D eigenvalue weighted by atomic mass is 35.5. The minimum atomic E-state index is -0.771. The SMILES string of the molecule is Cl.NC(=O)Nc1cccc(NC(=O)C2(N)CCCC2)c1. The first-order valence-corrected chi connectivity index (χ1v) is 6.26. The third kappa shape index (κ3) is 3.85. The van der Waals surface area contributed by atoms with Gasteiger partial charge in [-0.05, 0) is 31.0 Å². The first-order chi connectivity index (χ1) is 8.99. The molecular weight excluding hydrogens is 280 g/mol. The lowest BCUT2D eigenvalue weighted by molar-refractivity contribution is -0.121. The lowest BCUT2D eigenvalue weighted by atomic mass is 9.98. The van der Waals surface area contributed by atoms with Gasteiger partial charge in [0.1, 0.15) is 0 Å². The van der Waals surface area contributed by atoms with Gasteiger partial charge in [-0.1, -0.05) is 18.9 Å². The average molecular weight is 299 g/mol. The number of hydrogen-bond acceptors (Lipinski definition) is 3. The standard InChI is InChI=1S/C13H18N4O2.ClH/c14-12(19)17-10-5-3-4-9(8-10)16-11(18)13(15)6-1-2-7-13;/h3-5,8H,1-2,6-7,15H2,(H,16,18)(H3,14,17,19);1H. The molecule has 0 spiro atoms. The Hall–Kier alpha value is -1.79. The van der Waals surface area contributed by atoms with Crippen molar-refractivity contribution in [3.8, 4) is 0 Å². The van der Waals surface area contributed by atoms with E-state index in [4.69, 9.17) is 11.5 Å². The van der Waals surface area contributed by atoms with Crippen LogP contribution < -0.4 is 22.1 Å². The van der Waals surface area contributed by atoms with Crippen molar-refractivity contribution in [2.45, 2.75) is 31.2 Å². The van der Waals surface area contributed by atoms with Gasteiger partial charge in [0.25, 0.3) is 0 Å². The Kier molecular flexibility index (Phi) is 5.35. The number of nitrogens with two attached hydrogens (primary N) is 2. The number of carbonyl (C=O) groups excluding carboxylic acids is 2. The van der Waals surface area contributed by atoms with E-state index < -0.39 is 11.6 Å². The molecule has 0 bridgehead atoms.